The number of aryl methyl sites for hydroxylation is 1. The topological polar surface area (TPSA) is 43.1 Å². The molecular weight excluding hydrogens is 344 g/mol. The van der Waals surface area contributed by atoms with Crippen LogP contribution in [-0.4, -0.2) is 19.8 Å². The van der Waals surface area contributed by atoms with E-state index >= 15 is 0 Å². The molecule has 0 unspecified atom stereocenters. The standard InChI is InChI=1S/C24H18N4/c1-17-25-26-24-22(19-13-7-3-8-14-19)21(18-11-5-2-6-12-18)23(27-28(17)24)20-15-9-4-10-16-20/h2-16H,1H3. The molecule has 0 bridgehead atoms. The van der Waals surface area contributed by atoms with Crippen LogP contribution in [0.2, 0.25) is 0 Å². The number of aromatic nitrogens is 4. The molecule has 4 heteroatoms. The number of benzene rings is 3. The number of fused-ring (bicyclic) bond motifs is 1. The van der Waals surface area contributed by atoms with Gasteiger partial charge in [0.15, 0.2) is 11.5 Å². The van der Waals surface area contributed by atoms with Crippen molar-refractivity contribution in [3.8, 4) is 33.5 Å². The lowest BCUT2D eigenvalue weighted by Crippen LogP contribution is -2.03. The Morgan fingerprint density at radius 3 is 1.64 bits per heavy atom. The normalized spacial score (nSPS) is 11.0. The maximum absolute atomic E-state index is 4.96. The second-order valence-corrected chi connectivity index (χ2v) is 6.68. The highest BCUT2D eigenvalue weighted by molar-refractivity contribution is 5.98. The summed E-state index contributed by atoms with van der Waals surface area (Å²) in [6, 6.07) is 31.0. The quantitative estimate of drug-likeness (QED) is 0.429. The summed E-state index contributed by atoms with van der Waals surface area (Å²) >= 11 is 0. The van der Waals surface area contributed by atoms with Gasteiger partial charge in [-0.15, -0.1) is 10.2 Å². The van der Waals surface area contributed by atoms with Gasteiger partial charge >= 0.3 is 0 Å². The lowest BCUT2D eigenvalue weighted by Gasteiger charge is -2.16. The molecular formula is C24H18N4. The van der Waals surface area contributed by atoms with Crippen molar-refractivity contribution in [2.45, 2.75) is 6.92 Å². The molecule has 2 heterocycles. The van der Waals surface area contributed by atoms with Crippen LogP contribution < -0.4 is 0 Å². The molecule has 0 N–H and O–H groups in total. The minimum atomic E-state index is 0.766. The maximum Gasteiger partial charge on any atom is 0.186 e. The van der Waals surface area contributed by atoms with Crippen LogP contribution in [-0.2, 0) is 0 Å². The highest BCUT2D eigenvalue weighted by Gasteiger charge is 2.21. The van der Waals surface area contributed by atoms with Gasteiger partial charge in [-0.1, -0.05) is 91.0 Å². The van der Waals surface area contributed by atoms with Gasteiger partial charge in [0, 0.05) is 16.7 Å². The van der Waals surface area contributed by atoms with E-state index in [-0.39, 0.29) is 0 Å². The molecule has 134 valence electrons. The lowest BCUT2D eigenvalue weighted by molar-refractivity contribution is 0.881. The molecule has 0 fully saturated rings. The Morgan fingerprint density at radius 2 is 1.07 bits per heavy atom. The number of hydrogen-bond donors (Lipinski definition) is 0. The third-order valence-electron chi connectivity index (χ3n) is 4.88. The van der Waals surface area contributed by atoms with Crippen LogP contribution in [0.4, 0.5) is 0 Å². The zero-order valence-corrected chi connectivity index (χ0v) is 15.4. The highest BCUT2D eigenvalue weighted by atomic mass is 15.4. The Kier molecular flexibility index (Phi) is 3.95. The monoisotopic (exact) mass is 362 g/mol. The van der Waals surface area contributed by atoms with Gasteiger partial charge < -0.3 is 0 Å². The third-order valence-corrected chi connectivity index (χ3v) is 4.88. The van der Waals surface area contributed by atoms with Crippen LogP contribution in [0.1, 0.15) is 5.82 Å². The van der Waals surface area contributed by atoms with E-state index in [0.29, 0.717) is 0 Å². The van der Waals surface area contributed by atoms with Crippen molar-refractivity contribution in [1.82, 2.24) is 19.8 Å². The molecule has 3 aromatic carbocycles. The molecule has 0 saturated heterocycles. The van der Waals surface area contributed by atoms with Gasteiger partial charge in [0.25, 0.3) is 0 Å². The van der Waals surface area contributed by atoms with Crippen LogP contribution in [0.5, 0.6) is 0 Å². The molecule has 0 aliphatic heterocycles. The Hall–Kier alpha value is -3.79. The molecule has 0 saturated carbocycles. The summed E-state index contributed by atoms with van der Waals surface area (Å²) in [5.74, 6) is 0.768. The summed E-state index contributed by atoms with van der Waals surface area (Å²) in [5, 5.41) is 13.7. The molecule has 0 aliphatic rings. The largest absolute Gasteiger partial charge is 0.196 e. The van der Waals surface area contributed by atoms with Crippen molar-refractivity contribution in [1.29, 1.82) is 0 Å². The predicted octanol–water partition coefficient (Wildman–Crippen LogP) is 5.43. The maximum atomic E-state index is 4.96. The van der Waals surface area contributed by atoms with Crippen LogP contribution in [0, 0.1) is 6.92 Å². The van der Waals surface area contributed by atoms with Gasteiger partial charge in [-0.2, -0.15) is 9.61 Å². The van der Waals surface area contributed by atoms with Crippen LogP contribution in [0.25, 0.3) is 39.2 Å². The Morgan fingerprint density at radius 1 is 0.571 bits per heavy atom. The smallest absolute Gasteiger partial charge is 0.186 e. The molecule has 0 aliphatic carbocycles. The van der Waals surface area contributed by atoms with Crippen molar-refractivity contribution in [2.24, 2.45) is 0 Å². The van der Waals surface area contributed by atoms with Crippen molar-refractivity contribution in [3.05, 3.63) is 96.8 Å². The first-order valence-electron chi connectivity index (χ1n) is 9.25. The number of hydrogen-bond acceptors (Lipinski definition) is 3. The van der Waals surface area contributed by atoms with Crippen LogP contribution in [0.3, 0.4) is 0 Å². The van der Waals surface area contributed by atoms with E-state index in [2.05, 4.69) is 58.7 Å². The van der Waals surface area contributed by atoms with E-state index in [1.54, 1.807) is 0 Å². The van der Waals surface area contributed by atoms with E-state index in [4.69, 9.17) is 5.10 Å². The van der Waals surface area contributed by atoms with Gasteiger partial charge in [0.1, 0.15) is 0 Å². The zero-order valence-electron chi connectivity index (χ0n) is 15.4. The first-order valence-corrected chi connectivity index (χ1v) is 9.25. The summed E-state index contributed by atoms with van der Waals surface area (Å²) < 4.78 is 1.84. The summed E-state index contributed by atoms with van der Waals surface area (Å²) in [5.41, 5.74) is 7.06. The van der Waals surface area contributed by atoms with Crippen molar-refractivity contribution in [3.63, 3.8) is 0 Å². The molecule has 5 aromatic rings. The minimum Gasteiger partial charge on any atom is -0.196 e. The number of rotatable bonds is 3. The van der Waals surface area contributed by atoms with Crippen LogP contribution >= 0.6 is 0 Å². The molecule has 0 spiro atoms. The molecule has 28 heavy (non-hydrogen) atoms. The van der Waals surface area contributed by atoms with Gasteiger partial charge in [-0.3, -0.25) is 0 Å². The fourth-order valence-corrected chi connectivity index (χ4v) is 3.58. The van der Waals surface area contributed by atoms with Gasteiger partial charge in [0.2, 0.25) is 0 Å². The average molecular weight is 362 g/mol. The lowest BCUT2D eigenvalue weighted by atomic mass is 9.92. The summed E-state index contributed by atoms with van der Waals surface area (Å²) in [4.78, 5) is 0. The predicted molar refractivity (Wildman–Crippen MR) is 112 cm³/mol. The second kappa shape index (κ2) is 6.74. The second-order valence-electron chi connectivity index (χ2n) is 6.68. The van der Waals surface area contributed by atoms with E-state index in [1.165, 1.54) is 0 Å². The van der Waals surface area contributed by atoms with E-state index in [1.807, 2.05) is 53.9 Å². The summed E-state index contributed by atoms with van der Waals surface area (Å²) in [6.07, 6.45) is 0. The zero-order chi connectivity index (χ0) is 18.9. The van der Waals surface area contributed by atoms with Gasteiger partial charge in [-0.05, 0) is 18.1 Å². The SMILES string of the molecule is Cc1nnc2c(-c3ccccc3)c(-c3ccccc3)c(-c3ccccc3)nn12. The van der Waals surface area contributed by atoms with Crippen LogP contribution in [0.15, 0.2) is 91.0 Å². The van der Waals surface area contributed by atoms with Crippen molar-refractivity contribution in [2.75, 3.05) is 0 Å². The summed E-state index contributed by atoms with van der Waals surface area (Å²) in [6.45, 7) is 1.93. The van der Waals surface area contributed by atoms with E-state index < -0.39 is 0 Å². The molecule has 5 rings (SSSR count). The van der Waals surface area contributed by atoms with E-state index in [0.717, 1.165) is 45.0 Å². The average Bonchev–Trinajstić information content (AvgIpc) is 3.15. The Bertz CT molecular complexity index is 1240. The molecule has 4 nitrogen and oxygen atoms in total. The minimum absolute atomic E-state index is 0.766. The highest BCUT2D eigenvalue weighted by Crippen LogP contribution is 2.40. The molecule has 2 aromatic heterocycles. The van der Waals surface area contributed by atoms with E-state index in [9.17, 15) is 0 Å². The molecule has 0 amide bonds. The van der Waals surface area contributed by atoms with Crippen molar-refractivity contribution < 1.29 is 0 Å². The van der Waals surface area contributed by atoms with Gasteiger partial charge in [0.05, 0.1) is 5.69 Å². The Balaban J connectivity index is 1.98. The number of nitrogens with zero attached hydrogens (tertiary/aromatic N) is 4. The van der Waals surface area contributed by atoms with Crippen molar-refractivity contribution >= 4 is 5.65 Å². The Labute approximate surface area is 163 Å². The molecule has 0 atom stereocenters. The van der Waals surface area contributed by atoms with Gasteiger partial charge in [-0.25, -0.2) is 0 Å². The fourth-order valence-electron chi connectivity index (χ4n) is 3.58. The summed E-state index contributed by atoms with van der Waals surface area (Å²) in [7, 11) is 0. The first-order chi connectivity index (χ1) is 13.8. The first kappa shape index (κ1) is 16.4. The third kappa shape index (κ3) is 2.67. The fraction of sp³-hybridized carbons (Fsp3) is 0.0417. The molecule has 0 radical (unpaired) electrons.